The van der Waals surface area contributed by atoms with E-state index in [0.717, 1.165) is 36.4 Å². The van der Waals surface area contributed by atoms with Crippen LogP contribution in [-0.4, -0.2) is 0 Å². The van der Waals surface area contributed by atoms with Crippen LogP contribution in [0.25, 0.3) is 33.4 Å². The lowest BCUT2D eigenvalue weighted by atomic mass is 9.81. The molecule has 0 saturated carbocycles. The largest absolute Gasteiger partial charge is 0.419 e. The second-order valence-corrected chi connectivity index (χ2v) is 12.3. The molecule has 0 amide bonds. The van der Waals surface area contributed by atoms with Crippen LogP contribution < -0.4 is 0 Å². The highest BCUT2D eigenvalue weighted by molar-refractivity contribution is 6.32. The van der Waals surface area contributed by atoms with E-state index in [9.17, 15) is 98.3 Å². The summed E-state index contributed by atoms with van der Waals surface area (Å²) in [7, 11) is 0. The van der Waals surface area contributed by atoms with Crippen LogP contribution in [0.4, 0.5) is 74.6 Å². The van der Waals surface area contributed by atoms with Crippen molar-refractivity contribution in [2.75, 3.05) is 0 Å². The minimum absolute atomic E-state index is 0.471. The van der Waals surface area contributed by atoms with E-state index in [0.29, 0.717) is 0 Å². The molecule has 0 aliphatic heterocycles. The first-order valence-electron chi connectivity index (χ1n) is 15.6. The molecule has 5 rings (SSSR count). The van der Waals surface area contributed by atoms with Crippen molar-refractivity contribution in [2.45, 2.75) is 30.9 Å². The summed E-state index contributed by atoms with van der Waals surface area (Å²) in [5, 5.41) is 70.7. The lowest BCUT2D eigenvalue weighted by molar-refractivity contribution is -0.149. The zero-order valence-corrected chi connectivity index (χ0v) is 28.9. The normalized spacial score (nSPS) is 13.9. The van der Waals surface area contributed by atoms with Crippen molar-refractivity contribution < 1.29 is 74.6 Å². The predicted octanol–water partition coefficient (Wildman–Crippen LogP) is 11.4. The van der Waals surface area contributed by atoms with Crippen molar-refractivity contribution in [3.63, 3.8) is 0 Å². The average Bonchev–Trinajstić information content (AvgIpc) is 3.66. The van der Waals surface area contributed by atoms with E-state index in [1.54, 1.807) is 0 Å². The van der Waals surface area contributed by atoms with Gasteiger partial charge in [0, 0.05) is 44.5 Å². The molecule has 62 heavy (non-hydrogen) atoms. The van der Waals surface area contributed by atoms with Crippen LogP contribution in [0.15, 0.2) is 35.4 Å². The molecule has 0 unspecified atom stereocenters. The van der Waals surface area contributed by atoms with Gasteiger partial charge in [0.15, 0.2) is 0 Å². The van der Waals surface area contributed by atoms with Crippen LogP contribution in [0.5, 0.6) is 0 Å². The van der Waals surface area contributed by atoms with Crippen LogP contribution in [0, 0.1) is 91.0 Å². The van der Waals surface area contributed by atoms with E-state index >= 15 is 13.2 Å². The summed E-state index contributed by atoms with van der Waals surface area (Å²) in [6.07, 6.45) is -30.4. The molecule has 0 aromatic heterocycles. The zero-order chi connectivity index (χ0) is 47.0. The quantitative estimate of drug-likeness (QED) is 0.182. The van der Waals surface area contributed by atoms with Gasteiger partial charge in [-0.25, -0.2) is 8.78 Å². The summed E-state index contributed by atoms with van der Waals surface area (Å²) >= 11 is 0. The van der Waals surface area contributed by atoms with Gasteiger partial charge in [0.1, 0.15) is 65.3 Å². The van der Waals surface area contributed by atoms with Crippen LogP contribution in [0.2, 0.25) is 0 Å². The maximum absolute atomic E-state index is 15.8. The first-order valence-corrected chi connectivity index (χ1v) is 15.6. The second-order valence-electron chi connectivity index (χ2n) is 12.3. The Hall–Kier alpha value is -8.14. The number of allylic oxidation sites excluding steroid dienone is 8. The van der Waals surface area contributed by atoms with Gasteiger partial charge in [-0.2, -0.15) is 103 Å². The molecule has 0 N–H and O–H groups in total. The highest BCUT2D eigenvalue weighted by Gasteiger charge is 2.52. The first-order chi connectivity index (χ1) is 28.5. The number of benzene rings is 3. The van der Waals surface area contributed by atoms with E-state index in [4.69, 9.17) is 0 Å². The van der Waals surface area contributed by atoms with Gasteiger partial charge in [-0.3, -0.25) is 0 Å². The van der Waals surface area contributed by atoms with E-state index in [-0.39, 0.29) is 0 Å². The van der Waals surface area contributed by atoms with E-state index in [2.05, 4.69) is 0 Å². The Balaban J connectivity index is 2.21. The van der Waals surface area contributed by atoms with Crippen molar-refractivity contribution in [3.8, 4) is 42.5 Å². The minimum atomic E-state index is -6.22. The van der Waals surface area contributed by atoms with Crippen molar-refractivity contribution in [1.82, 2.24) is 0 Å². The number of rotatable bonds is 2. The Morgan fingerprint density at radius 1 is 0.387 bits per heavy atom. The molecule has 7 nitrogen and oxygen atoms in total. The topological polar surface area (TPSA) is 167 Å². The van der Waals surface area contributed by atoms with Gasteiger partial charge in [0.25, 0.3) is 0 Å². The molecule has 2 aliphatic carbocycles. The molecule has 0 atom stereocenters. The molecular formula is C38H4F17N7. The van der Waals surface area contributed by atoms with Gasteiger partial charge in [-0.1, -0.05) is 0 Å². The summed E-state index contributed by atoms with van der Waals surface area (Å²) < 4.78 is 245. The number of nitriles is 7. The lowest BCUT2D eigenvalue weighted by Gasteiger charge is -2.22. The molecule has 310 valence electrons. The van der Waals surface area contributed by atoms with Crippen molar-refractivity contribution in [3.05, 3.63) is 114 Å². The number of nitrogens with zero attached hydrogens (tertiary/aromatic N) is 7. The lowest BCUT2D eigenvalue weighted by Crippen LogP contribution is -2.17. The van der Waals surface area contributed by atoms with Gasteiger partial charge in [0.05, 0.1) is 44.5 Å². The molecule has 2 aliphatic rings. The fourth-order valence-electron chi connectivity index (χ4n) is 6.83. The van der Waals surface area contributed by atoms with Crippen molar-refractivity contribution >= 4 is 33.4 Å². The molecule has 0 heterocycles. The maximum Gasteiger partial charge on any atom is 0.419 e. The van der Waals surface area contributed by atoms with E-state index in [1.165, 1.54) is 6.07 Å². The predicted molar refractivity (Wildman–Crippen MR) is 170 cm³/mol. The molecular weight excluding hydrogens is 877 g/mol. The summed E-state index contributed by atoms with van der Waals surface area (Å²) in [5.74, 6) is -6.01. The van der Waals surface area contributed by atoms with E-state index in [1.807, 2.05) is 0 Å². The molecule has 0 fully saturated rings. The minimum Gasteiger partial charge on any atom is -0.206 e. The fourth-order valence-corrected chi connectivity index (χ4v) is 6.83. The van der Waals surface area contributed by atoms with Crippen molar-refractivity contribution in [1.29, 1.82) is 36.8 Å². The monoisotopic (exact) mass is 881 g/mol. The number of alkyl halides is 15. The third-order valence-corrected chi connectivity index (χ3v) is 9.01. The van der Waals surface area contributed by atoms with Gasteiger partial charge in [-0.15, -0.1) is 0 Å². The van der Waals surface area contributed by atoms with Crippen LogP contribution >= 0.6 is 0 Å². The SMILES string of the molecule is N#CC(C#N)=C1C(c2cc(C(F)(F)F)c(F)c(C(F)(F)F)c2)=C(C#N)c2c(C#N)c3c(c(C(F)(F)F)c21)C(=C(C#N)C#N)C(c1cc(C(F)(F)F)c(F)c(C(F)(F)F)c1)=C3C#N. The smallest absolute Gasteiger partial charge is 0.206 e. The Kier molecular flexibility index (Phi) is 10.5. The number of halogens is 17. The Labute approximate surface area is 332 Å². The molecule has 3 aromatic carbocycles. The Morgan fingerprint density at radius 2 is 0.661 bits per heavy atom. The van der Waals surface area contributed by atoms with Gasteiger partial charge in [0.2, 0.25) is 0 Å². The standard InChI is InChI=1S/C38H4F17N7/c39-32-19(34(41,42)43)1-12(2-20(32)35(44,45)46)23-16(9-60)27-18(11-62)28-17(10-61)24(13-3-21(36(47,48)49)33(40)22(4-13)37(50,51)52)26(15(7-58)8-59)30(28)31(38(53,54)55)29(27)25(23)14(5-56)6-57/h1-4H. The van der Waals surface area contributed by atoms with Crippen molar-refractivity contribution in [2.24, 2.45) is 0 Å². The van der Waals surface area contributed by atoms with Gasteiger partial charge < -0.3 is 0 Å². The number of fused-ring (bicyclic) bond motifs is 2. The number of hydrogen-bond acceptors (Lipinski definition) is 7. The Bertz CT molecular complexity index is 2730. The fraction of sp³-hybridized carbons (Fsp3) is 0.132. The number of hydrogen-bond donors (Lipinski definition) is 0. The molecule has 0 saturated heterocycles. The van der Waals surface area contributed by atoms with Crippen LogP contribution in [0.1, 0.15) is 66.8 Å². The maximum atomic E-state index is 15.8. The second kappa shape index (κ2) is 14.5. The highest BCUT2D eigenvalue weighted by atomic mass is 19.4. The molecule has 24 heteroatoms. The third kappa shape index (κ3) is 6.86. The summed E-state index contributed by atoms with van der Waals surface area (Å²) in [6, 6.07) is 5.50. The summed E-state index contributed by atoms with van der Waals surface area (Å²) in [5.41, 5.74) is -38.6. The summed E-state index contributed by atoms with van der Waals surface area (Å²) in [6.45, 7) is 0. The average molecular weight is 881 g/mol. The van der Waals surface area contributed by atoms with Crippen LogP contribution in [-0.2, 0) is 30.9 Å². The molecule has 0 bridgehead atoms. The van der Waals surface area contributed by atoms with Gasteiger partial charge >= 0.3 is 30.9 Å². The van der Waals surface area contributed by atoms with Gasteiger partial charge in [-0.05, 0) is 35.4 Å². The Morgan fingerprint density at radius 3 is 0.855 bits per heavy atom. The van der Waals surface area contributed by atoms with Crippen LogP contribution in [0.3, 0.4) is 0 Å². The zero-order valence-electron chi connectivity index (χ0n) is 28.9. The summed E-state index contributed by atoms with van der Waals surface area (Å²) in [4.78, 5) is 0. The first kappa shape index (κ1) is 45.0. The third-order valence-electron chi connectivity index (χ3n) is 9.01. The molecule has 0 spiro atoms. The molecule has 3 aromatic rings. The molecule has 0 radical (unpaired) electrons. The highest BCUT2D eigenvalue weighted by Crippen LogP contribution is 2.61. The van der Waals surface area contributed by atoms with E-state index < -0.39 is 178 Å².